The fourth-order valence-corrected chi connectivity index (χ4v) is 10.4. The summed E-state index contributed by atoms with van der Waals surface area (Å²) in [5.41, 5.74) is 14.6. The SMILES string of the molecule is C=C(C)C(C)CCC.C=C1C2=C(CCC(N3CC(CCCC(CCC)c4ccc(N5CCC(CC)(CC(C)C)CC5)nc4)C3)=C2)C(=C)C1C.C=CC.CC.CCCc1cc(C)ccc1C. The summed E-state index contributed by atoms with van der Waals surface area (Å²) in [4.78, 5) is 10.2. The van der Waals surface area contributed by atoms with Gasteiger partial charge in [-0.25, -0.2) is 4.98 Å². The second-order valence-corrected chi connectivity index (χ2v) is 20.5. The van der Waals surface area contributed by atoms with Crippen LogP contribution >= 0.6 is 0 Å². The molecule has 4 aliphatic rings. The largest absolute Gasteiger partial charge is 0.374 e. The van der Waals surface area contributed by atoms with E-state index in [0.717, 1.165) is 37.3 Å². The van der Waals surface area contributed by atoms with Gasteiger partial charge in [0.25, 0.3) is 0 Å². The van der Waals surface area contributed by atoms with Gasteiger partial charge in [0.1, 0.15) is 5.82 Å². The van der Waals surface area contributed by atoms with E-state index in [1.54, 1.807) is 6.08 Å². The molecule has 0 radical (unpaired) electrons. The first kappa shape index (κ1) is 57.5. The third-order valence-corrected chi connectivity index (χ3v) is 14.8. The number of allylic oxidation sites excluding steroid dienone is 8. The van der Waals surface area contributed by atoms with Crippen molar-refractivity contribution in [2.24, 2.45) is 29.1 Å². The number of rotatable bonds is 17. The first-order valence-corrected chi connectivity index (χ1v) is 26.6. The summed E-state index contributed by atoms with van der Waals surface area (Å²) in [5.74, 6) is 4.61. The Kier molecular flexibility index (Phi) is 26.5. The number of pyridine rings is 1. The van der Waals surface area contributed by atoms with Gasteiger partial charge in [-0.05, 0) is 172 Å². The number of aromatic nitrogens is 1. The van der Waals surface area contributed by atoms with Gasteiger partial charge in [-0.3, -0.25) is 0 Å². The van der Waals surface area contributed by atoms with Crippen molar-refractivity contribution in [3.05, 3.63) is 131 Å². The Morgan fingerprint density at radius 1 is 0.877 bits per heavy atom. The lowest BCUT2D eigenvalue weighted by molar-refractivity contribution is 0.126. The van der Waals surface area contributed by atoms with Crippen LogP contribution in [0.1, 0.15) is 201 Å². The zero-order valence-corrected chi connectivity index (χ0v) is 45.1. The minimum atomic E-state index is 0.419. The molecule has 0 bridgehead atoms. The molecule has 2 saturated heterocycles. The van der Waals surface area contributed by atoms with Crippen LogP contribution in [-0.2, 0) is 6.42 Å². The van der Waals surface area contributed by atoms with E-state index < -0.39 is 0 Å². The van der Waals surface area contributed by atoms with Gasteiger partial charge in [0.15, 0.2) is 0 Å². The predicted molar refractivity (Wildman–Crippen MR) is 292 cm³/mol. The van der Waals surface area contributed by atoms with Crippen molar-refractivity contribution < 1.29 is 0 Å². The molecule has 364 valence electrons. The Morgan fingerprint density at radius 2 is 1.52 bits per heavy atom. The van der Waals surface area contributed by atoms with Crippen LogP contribution in [0.2, 0.25) is 0 Å². The molecule has 6 rings (SSSR count). The highest BCUT2D eigenvalue weighted by atomic mass is 15.2. The van der Waals surface area contributed by atoms with E-state index in [4.69, 9.17) is 4.98 Å². The maximum Gasteiger partial charge on any atom is 0.128 e. The highest BCUT2D eigenvalue weighted by Crippen LogP contribution is 2.46. The van der Waals surface area contributed by atoms with Crippen molar-refractivity contribution in [1.82, 2.24) is 9.88 Å². The average molecular weight is 889 g/mol. The maximum absolute atomic E-state index is 5.01. The van der Waals surface area contributed by atoms with Crippen molar-refractivity contribution in [2.75, 3.05) is 31.1 Å². The van der Waals surface area contributed by atoms with E-state index in [0.29, 0.717) is 17.3 Å². The third kappa shape index (κ3) is 17.9. The topological polar surface area (TPSA) is 19.4 Å². The molecular formula is C62H101N3. The Bertz CT molecular complexity index is 1790. The fraction of sp³-hybridized carbons (Fsp3) is 0.629. The van der Waals surface area contributed by atoms with Crippen molar-refractivity contribution in [2.45, 2.75) is 199 Å². The van der Waals surface area contributed by atoms with Crippen LogP contribution in [0.3, 0.4) is 0 Å². The fourth-order valence-electron chi connectivity index (χ4n) is 10.4. The highest BCUT2D eigenvalue weighted by Gasteiger charge is 2.35. The van der Waals surface area contributed by atoms with E-state index >= 15 is 0 Å². The molecule has 0 saturated carbocycles. The first-order valence-electron chi connectivity index (χ1n) is 26.6. The number of hydrogen-bond donors (Lipinski definition) is 0. The summed E-state index contributed by atoms with van der Waals surface area (Å²) < 4.78 is 0. The molecule has 3 unspecified atom stereocenters. The van der Waals surface area contributed by atoms with Crippen molar-refractivity contribution in [1.29, 1.82) is 0 Å². The van der Waals surface area contributed by atoms with Crippen LogP contribution in [0, 0.1) is 42.9 Å². The monoisotopic (exact) mass is 888 g/mol. The summed E-state index contributed by atoms with van der Waals surface area (Å²) in [6, 6.07) is 11.4. The summed E-state index contributed by atoms with van der Waals surface area (Å²) in [7, 11) is 0. The predicted octanol–water partition coefficient (Wildman–Crippen LogP) is 18.3. The third-order valence-electron chi connectivity index (χ3n) is 14.8. The van der Waals surface area contributed by atoms with Gasteiger partial charge in [-0.15, -0.1) is 6.58 Å². The minimum Gasteiger partial charge on any atom is -0.374 e. The van der Waals surface area contributed by atoms with Gasteiger partial charge in [-0.2, -0.15) is 0 Å². The number of aryl methyl sites for hydroxylation is 3. The number of nitrogens with zero attached hydrogens (tertiary/aromatic N) is 3. The van der Waals surface area contributed by atoms with Crippen LogP contribution < -0.4 is 4.90 Å². The summed E-state index contributed by atoms with van der Waals surface area (Å²) >= 11 is 0. The zero-order chi connectivity index (χ0) is 48.7. The van der Waals surface area contributed by atoms with Gasteiger partial charge in [-0.1, -0.05) is 163 Å². The summed E-state index contributed by atoms with van der Waals surface area (Å²) in [6.07, 6.45) is 25.5. The molecule has 0 spiro atoms. The van der Waals surface area contributed by atoms with Gasteiger partial charge in [0.2, 0.25) is 0 Å². The lowest BCUT2D eigenvalue weighted by Crippen LogP contribution is -2.46. The van der Waals surface area contributed by atoms with E-state index in [-0.39, 0.29) is 0 Å². The Morgan fingerprint density at radius 3 is 2.05 bits per heavy atom. The number of hydrogen-bond acceptors (Lipinski definition) is 3. The lowest BCUT2D eigenvalue weighted by Gasteiger charge is -2.44. The number of piperidine rings is 1. The number of anilines is 1. The summed E-state index contributed by atoms with van der Waals surface area (Å²) in [6.45, 7) is 51.5. The molecule has 3 nitrogen and oxygen atoms in total. The molecule has 0 N–H and O–H groups in total. The van der Waals surface area contributed by atoms with Gasteiger partial charge < -0.3 is 9.80 Å². The second kappa shape index (κ2) is 29.9. The molecule has 3 heteroatoms. The van der Waals surface area contributed by atoms with Crippen LogP contribution in [0.15, 0.2) is 109 Å². The second-order valence-electron chi connectivity index (χ2n) is 20.5. The molecule has 1 aromatic carbocycles. The zero-order valence-electron chi connectivity index (χ0n) is 45.1. The number of likely N-dealkylation sites (tertiary alicyclic amines) is 1. The smallest absolute Gasteiger partial charge is 0.128 e. The minimum absolute atomic E-state index is 0.419. The lowest BCUT2D eigenvalue weighted by atomic mass is 9.71. The average Bonchev–Trinajstić information content (AvgIpc) is 3.49. The van der Waals surface area contributed by atoms with Crippen LogP contribution in [-0.4, -0.2) is 36.1 Å². The van der Waals surface area contributed by atoms with Crippen molar-refractivity contribution in [3.63, 3.8) is 0 Å². The summed E-state index contributed by atoms with van der Waals surface area (Å²) in [5, 5.41) is 0. The molecule has 0 amide bonds. The highest BCUT2D eigenvalue weighted by molar-refractivity contribution is 5.61. The van der Waals surface area contributed by atoms with Gasteiger partial charge >= 0.3 is 0 Å². The van der Waals surface area contributed by atoms with Gasteiger partial charge in [0.05, 0.1) is 0 Å². The molecule has 2 aromatic rings. The van der Waals surface area contributed by atoms with Crippen molar-refractivity contribution in [3.8, 4) is 0 Å². The van der Waals surface area contributed by atoms with Crippen LogP contribution in [0.25, 0.3) is 0 Å². The molecule has 2 fully saturated rings. The van der Waals surface area contributed by atoms with E-state index in [2.05, 4.69) is 155 Å². The van der Waals surface area contributed by atoms with Crippen molar-refractivity contribution >= 4 is 5.82 Å². The van der Waals surface area contributed by atoms with Gasteiger partial charge in [0, 0.05) is 44.0 Å². The quantitative estimate of drug-likeness (QED) is 0.148. The van der Waals surface area contributed by atoms with E-state index in [9.17, 15) is 0 Å². The van der Waals surface area contributed by atoms with Crippen LogP contribution in [0.5, 0.6) is 0 Å². The molecule has 2 aliphatic heterocycles. The van der Waals surface area contributed by atoms with E-state index in [1.165, 1.54) is 165 Å². The molecule has 65 heavy (non-hydrogen) atoms. The Hall–Kier alpha value is -3.59. The number of benzene rings is 1. The van der Waals surface area contributed by atoms with Crippen LogP contribution in [0.4, 0.5) is 5.82 Å². The Labute approximate surface area is 404 Å². The first-order chi connectivity index (χ1) is 31.1. The van der Waals surface area contributed by atoms with E-state index in [1.807, 2.05) is 20.8 Å². The molecule has 1 aromatic heterocycles. The standard InChI is InChI=1S/C38H57N3.C11H16.C8H16.C3H6.C2H6/c1-8-11-32(33-14-17-37(39-24-33)40-20-18-38(9-2,19-21-40)23-27(3)4)13-10-12-31-25-41(26-31)34-15-16-35-29(6)28(5)30(7)36(35)22-34;1-4-5-11-8-9(2)6-7-10(11)3;1-5-6-8(4)7(2)3;1-3-2;1-2/h14,17,22,24,27-28,31-32H,6-13,15-16,18-21,23,25-26H2,1-5H3;6-8H,4-5H2,1-3H3;8H,2,5-6H2,1,3-4H3;3H,1H2,2H3;1-2H3. The normalized spacial score (nSPS) is 18.6. The molecular weight excluding hydrogens is 787 g/mol. The Balaban J connectivity index is 0.000000495. The molecule has 3 heterocycles. The molecule has 3 atom stereocenters. The maximum atomic E-state index is 5.01. The molecule has 2 aliphatic carbocycles.